The van der Waals surface area contributed by atoms with Gasteiger partial charge in [-0.05, 0) is 70.0 Å². The van der Waals surface area contributed by atoms with Crippen LogP contribution in [0.15, 0.2) is 64.0 Å². The van der Waals surface area contributed by atoms with Gasteiger partial charge in [-0.2, -0.15) is 8.42 Å². The zero-order chi connectivity index (χ0) is 22.8. The lowest BCUT2D eigenvalue weighted by molar-refractivity contribution is 0.488. The van der Waals surface area contributed by atoms with E-state index in [1.165, 1.54) is 5.56 Å². The lowest BCUT2D eigenvalue weighted by atomic mass is 10.1. The summed E-state index contributed by atoms with van der Waals surface area (Å²) in [6.45, 7) is 9.76. The van der Waals surface area contributed by atoms with Gasteiger partial charge in [-0.25, -0.2) is 0 Å². The molecule has 162 valence electrons. The summed E-state index contributed by atoms with van der Waals surface area (Å²) < 4.78 is 35.4. The summed E-state index contributed by atoms with van der Waals surface area (Å²) >= 11 is 0. The minimum atomic E-state index is -4.13. The van der Waals surface area contributed by atoms with Crippen molar-refractivity contribution in [3.8, 4) is 5.75 Å². The van der Waals surface area contributed by atoms with Gasteiger partial charge in [-0.3, -0.25) is 4.99 Å². The molecule has 6 nitrogen and oxygen atoms in total. The van der Waals surface area contributed by atoms with Gasteiger partial charge in [0.25, 0.3) is 0 Å². The largest absolute Gasteiger partial charge is 0.428 e. The molecule has 0 saturated heterocycles. The fraction of sp³-hybridized carbons (Fsp3) is 0.250. The topological polar surface area (TPSA) is 73.0 Å². The molecule has 0 spiro atoms. The Balaban J connectivity index is 1.91. The molecular formula is C24H27N3O3S. The van der Waals surface area contributed by atoms with Gasteiger partial charge in [-0.15, -0.1) is 4.40 Å². The molecule has 2 aromatic carbocycles. The lowest BCUT2D eigenvalue weighted by Crippen LogP contribution is -2.13. The van der Waals surface area contributed by atoms with Crippen molar-refractivity contribution >= 4 is 27.4 Å². The van der Waals surface area contributed by atoms with Crippen LogP contribution in [0.3, 0.4) is 0 Å². The quantitative estimate of drug-likeness (QED) is 0.496. The fourth-order valence-electron chi connectivity index (χ4n) is 3.64. The molecule has 0 atom stereocenters. The number of para-hydroxylation sites is 1. The highest BCUT2D eigenvalue weighted by Crippen LogP contribution is 2.26. The minimum absolute atomic E-state index is 0.221. The van der Waals surface area contributed by atoms with Gasteiger partial charge in [0.2, 0.25) is 0 Å². The van der Waals surface area contributed by atoms with Crippen molar-refractivity contribution < 1.29 is 12.6 Å². The second kappa shape index (κ2) is 8.89. The Morgan fingerprint density at radius 1 is 0.871 bits per heavy atom. The average Bonchev–Trinajstić information content (AvgIpc) is 3.06. The first-order valence-corrected chi connectivity index (χ1v) is 11.3. The molecule has 31 heavy (non-hydrogen) atoms. The Labute approximate surface area is 184 Å². The third-order valence-corrected chi connectivity index (χ3v) is 5.87. The van der Waals surface area contributed by atoms with E-state index in [4.69, 9.17) is 9.18 Å². The zero-order valence-electron chi connectivity index (χ0n) is 18.7. The summed E-state index contributed by atoms with van der Waals surface area (Å²) in [6.07, 6.45) is 0. The molecule has 1 heterocycles. The number of aromatic nitrogens is 1. The van der Waals surface area contributed by atoms with Gasteiger partial charge in [0.1, 0.15) is 5.75 Å². The van der Waals surface area contributed by atoms with E-state index in [0.29, 0.717) is 11.4 Å². The second-order valence-electron chi connectivity index (χ2n) is 7.61. The fourth-order valence-corrected chi connectivity index (χ4v) is 4.46. The molecule has 0 bridgehead atoms. The number of hydrogen-bond donors (Lipinski definition) is 0. The van der Waals surface area contributed by atoms with Crippen LogP contribution >= 0.6 is 0 Å². The van der Waals surface area contributed by atoms with Gasteiger partial charge >= 0.3 is 10.3 Å². The Bertz CT molecular complexity index is 1250. The summed E-state index contributed by atoms with van der Waals surface area (Å²) in [7, 11) is -2.27. The van der Waals surface area contributed by atoms with E-state index in [1.54, 1.807) is 37.3 Å². The third kappa shape index (κ3) is 5.30. The van der Waals surface area contributed by atoms with Crippen LogP contribution in [0.2, 0.25) is 0 Å². The van der Waals surface area contributed by atoms with Crippen molar-refractivity contribution in [1.82, 2.24) is 4.57 Å². The molecule has 0 aliphatic carbocycles. The van der Waals surface area contributed by atoms with Crippen molar-refractivity contribution in [2.75, 3.05) is 0 Å². The molecule has 0 amide bonds. The van der Waals surface area contributed by atoms with Crippen LogP contribution in [0.25, 0.3) is 0 Å². The summed E-state index contributed by atoms with van der Waals surface area (Å²) in [4.78, 5) is 4.85. The summed E-state index contributed by atoms with van der Waals surface area (Å²) in [5.41, 5.74) is 7.11. The third-order valence-electron chi connectivity index (χ3n) is 4.97. The maximum absolute atomic E-state index is 12.3. The summed E-state index contributed by atoms with van der Waals surface area (Å²) in [5.74, 6) is 0.221. The number of aliphatic imine (C=N–C) groups is 1. The standard InChI is InChI=1S/C24H27N3O3S/c1-16-14-17(2)24(18(3)15-16)25-19(4)22-12-13-23(27(22)6)20(5)26-31(28,29)30-21-10-8-7-9-11-21/h7-15H,1-6H3/b25-19?,26-20+. The number of aryl methyl sites for hydroxylation is 3. The highest BCUT2D eigenvalue weighted by Gasteiger charge is 2.16. The van der Waals surface area contributed by atoms with E-state index in [1.807, 2.05) is 30.7 Å². The van der Waals surface area contributed by atoms with Crippen molar-refractivity contribution in [2.24, 2.45) is 16.4 Å². The first kappa shape index (κ1) is 22.5. The Morgan fingerprint density at radius 3 is 2.00 bits per heavy atom. The monoisotopic (exact) mass is 437 g/mol. The maximum atomic E-state index is 12.3. The smallest absolute Gasteiger partial charge is 0.366 e. The van der Waals surface area contributed by atoms with E-state index in [9.17, 15) is 8.42 Å². The lowest BCUT2D eigenvalue weighted by Gasteiger charge is -2.11. The van der Waals surface area contributed by atoms with E-state index in [2.05, 4.69) is 37.3 Å². The highest BCUT2D eigenvalue weighted by atomic mass is 32.2. The van der Waals surface area contributed by atoms with Crippen LogP contribution in [0.4, 0.5) is 5.69 Å². The van der Waals surface area contributed by atoms with E-state index >= 15 is 0 Å². The molecular weight excluding hydrogens is 410 g/mol. The van der Waals surface area contributed by atoms with Crippen LogP contribution in [-0.2, 0) is 17.4 Å². The molecule has 0 unspecified atom stereocenters. The van der Waals surface area contributed by atoms with Crippen LogP contribution in [0.1, 0.15) is 41.9 Å². The van der Waals surface area contributed by atoms with E-state index < -0.39 is 10.3 Å². The molecule has 0 fully saturated rings. The Morgan fingerprint density at radius 2 is 1.42 bits per heavy atom. The van der Waals surface area contributed by atoms with Crippen molar-refractivity contribution in [3.05, 3.63) is 82.7 Å². The van der Waals surface area contributed by atoms with Gasteiger partial charge in [-0.1, -0.05) is 35.9 Å². The predicted molar refractivity (Wildman–Crippen MR) is 126 cm³/mol. The molecule has 0 N–H and O–H groups in total. The number of rotatable bonds is 6. The Hall–Kier alpha value is -3.19. The molecule has 0 aliphatic heterocycles. The number of hydrogen-bond acceptors (Lipinski definition) is 4. The summed E-state index contributed by atoms with van der Waals surface area (Å²) in [6, 6.07) is 16.3. The first-order chi connectivity index (χ1) is 14.6. The van der Waals surface area contributed by atoms with Gasteiger partial charge in [0.15, 0.2) is 0 Å². The van der Waals surface area contributed by atoms with Gasteiger partial charge < -0.3 is 8.75 Å². The second-order valence-corrected chi connectivity index (χ2v) is 8.81. The maximum Gasteiger partial charge on any atom is 0.428 e. The zero-order valence-corrected chi connectivity index (χ0v) is 19.5. The molecule has 0 radical (unpaired) electrons. The van der Waals surface area contributed by atoms with E-state index in [0.717, 1.165) is 28.2 Å². The van der Waals surface area contributed by atoms with Crippen LogP contribution < -0.4 is 4.18 Å². The number of benzene rings is 2. The van der Waals surface area contributed by atoms with Crippen LogP contribution in [-0.4, -0.2) is 24.4 Å². The SMILES string of the molecule is CC(=Nc1c(C)cc(C)cc1C)c1ccc(/C(C)=N/S(=O)(=O)Oc2ccccc2)n1C. The molecule has 0 aliphatic rings. The molecule has 1 aromatic heterocycles. The first-order valence-electron chi connectivity index (χ1n) is 9.93. The Kier molecular flexibility index (Phi) is 6.45. The van der Waals surface area contributed by atoms with Gasteiger partial charge in [0.05, 0.1) is 28.5 Å². The highest BCUT2D eigenvalue weighted by molar-refractivity contribution is 7.85. The van der Waals surface area contributed by atoms with Crippen LogP contribution in [0.5, 0.6) is 5.75 Å². The molecule has 7 heteroatoms. The van der Waals surface area contributed by atoms with Crippen molar-refractivity contribution in [1.29, 1.82) is 0 Å². The normalized spacial score (nSPS) is 12.8. The van der Waals surface area contributed by atoms with Crippen molar-refractivity contribution in [3.63, 3.8) is 0 Å². The summed E-state index contributed by atoms with van der Waals surface area (Å²) in [5, 5.41) is 0. The minimum Gasteiger partial charge on any atom is -0.366 e. The van der Waals surface area contributed by atoms with E-state index in [-0.39, 0.29) is 5.75 Å². The van der Waals surface area contributed by atoms with Gasteiger partial charge in [0, 0.05) is 7.05 Å². The molecule has 3 rings (SSSR count). The predicted octanol–water partition coefficient (Wildman–Crippen LogP) is 5.22. The number of nitrogens with zero attached hydrogens (tertiary/aromatic N) is 3. The molecule has 0 saturated carbocycles. The average molecular weight is 438 g/mol. The molecule has 3 aromatic rings. The van der Waals surface area contributed by atoms with Crippen molar-refractivity contribution in [2.45, 2.75) is 34.6 Å². The van der Waals surface area contributed by atoms with Crippen LogP contribution in [0, 0.1) is 20.8 Å².